The molecule has 5 aromatic rings. The van der Waals surface area contributed by atoms with Crippen LogP contribution < -0.4 is 20.1 Å². The lowest BCUT2D eigenvalue weighted by Gasteiger charge is -2.14. The summed E-state index contributed by atoms with van der Waals surface area (Å²) in [6.45, 7) is 3.86. The van der Waals surface area contributed by atoms with Crippen LogP contribution in [-0.2, 0) is 0 Å². The van der Waals surface area contributed by atoms with Crippen LogP contribution in [0.1, 0.15) is 11.3 Å². The quantitative estimate of drug-likeness (QED) is 0.329. The molecule has 10 nitrogen and oxygen atoms in total. The molecule has 3 heterocycles. The Kier molecular flexibility index (Phi) is 5.84. The lowest BCUT2D eigenvalue weighted by atomic mass is 10.1. The van der Waals surface area contributed by atoms with Crippen LogP contribution in [0.2, 0.25) is 0 Å². The van der Waals surface area contributed by atoms with Crippen molar-refractivity contribution in [2.75, 3.05) is 24.9 Å². The van der Waals surface area contributed by atoms with Gasteiger partial charge in [0, 0.05) is 23.1 Å². The fourth-order valence-corrected chi connectivity index (χ4v) is 3.75. The van der Waals surface area contributed by atoms with Gasteiger partial charge in [0.1, 0.15) is 17.5 Å². The third-order valence-electron chi connectivity index (χ3n) is 5.61. The summed E-state index contributed by atoms with van der Waals surface area (Å²) in [6, 6.07) is 13.4. The number of aryl methyl sites for hydroxylation is 1. The summed E-state index contributed by atoms with van der Waals surface area (Å²) in [4.78, 5) is 17.6. The Morgan fingerprint density at radius 1 is 0.857 bits per heavy atom. The van der Waals surface area contributed by atoms with E-state index in [1.807, 2.05) is 56.3 Å². The van der Waals surface area contributed by atoms with Gasteiger partial charge in [0.05, 0.1) is 25.6 Å². The van der Waals surface area contributed by atoms with Gasteiger partial charge in [-0.1, -0.05) is 11.2 Å². The number of anilines is 4. The van der Waals surface area contributed by atoms with Crippen LogP contribution in [0.25, 0.3) is 22.4 Å². The van der Waals surface area contributed by atoms with E-state index in [9.17, 15) is 0 Å². The fraction of sp³-hybridized carbons (Fsp3) is 0.160. The van der Waals surface area contributed by atoms with Gasteiger partial charge >= 0.3 is 0 Å². The minimum absolute atomic E-state index is 0.437. The number of aromatic nitrogens is 5. The van der Waals surface area contributed by atoms with Crippen LogP contribution in [-0.4, -0.2) is 39.3 Å². The van der Waals surface area contributed by atoms with Gasteiger partial charge in [0.25, 0.3) is 5.71 Å². The smallest absolute Gasteiger partial charge is 0.263 e. The Labute approximate surface area is 201 Å². The lowest BCUT2D eigenvalue weighted by molar-refractivity contribution is 0.355. The number of rotatable bonds is 7. The highest BCUT2D eigenvalue weighted by Crippen LogP contribution is 2.33. The molecular weight excluding hydrogens is 446 g/mol. The summed E-state index contributed by atoms with van der Waals surface area (Å²) in [7, 11) is 3.21. The molecule has 0 atom stereocenters. The first-order valence-electron chi connectivity index (χ1n) is 10.8. The Morgan fingerprint density at radius 3 is 2.46 bits per heavy atom. The SMILES string of the molecule is COc1ccc(-c2ccnc(Nc3cccc(Nc4ncnc5onc(C)c45)c3C)n2)cc1OC. The second-order valence-electron chi connectivity index (χ2n) is 7.73. The van der Waals surface area contributed by atoms with Crippen molar-refractivity contribution in [2.24, 2.45) is 0 Å². The van der Waals surface area contributed by atoms with Crippen molar-refractivity contribution in [3.8, 4) is 22.8 Å². The first-order chi connectivity index (χ1) is 17.1. The third-order valence-corrected chi connectivity index (χ3v) is 5.61. The summed E-state index contributed by atoms with van der Waals surface area (Å²) < 4.78 is 16.0. The molecule has 2 N–H and O–H groups in total. The molecule has 0 spiro atoms. The standard InChI is InChI=1S/C25H23N7O3/c1-14-17(29-23-22-15(2)32-35-24(22)28-13-27-23)6-5-7-18(14)30-25-26-11-10-19(31-25)16-8-9-20(33-3)21(12-16)34-4/h5-13H,1-4H3,(H,26,30,31)(H,27,28,29). The van der Waals surface area contributed by atoms with Crippen LogP contribution in [0.5, 0.6) is 11.5 Å². The Hall–Kier alpha value is -4.73. The van der Waals surface area contributed by atoms with Crippen molar-refractivity contribution in [1.82, 2.24) is 25.1 Å². The maximum atomic E-state index is 5.42. The maximum Gasteiger partial charge on any atom is 0.263 e. The molecule has 0 aliphatic carbocycles. The van der Waals surface area contributed by atoms with Gasteiger partial charge in [-0.2, -0.15) is 4.98 Å². The minimum Gasteiger partial charge on any atom is -0.493 e. The van der Waals surface area contributed by atoms with E-state index in [1.165, 1.54) is 6.33 Å². The highest BCUT2D eigenvalue weighted by molar-refractivity contribution is 5.90. The second kappa shape index (κ2) is 9.26. The van der Waals surface area contributed by atoms with E-state index in [0.29, 0.717) is 29.0 Å². The molecule has 0 radical (unpaired) electrons. The molecule has 0 saturated carbocycles. The number of ether oxygens (including phenoxy) is 2. The number of nitrogens with zero attached hydrogens (tertiary/aromatic N) is 5. The summed E-state index contributed by atoms with van der Waals surface area (Å²) in [5.41, 5.74) is 5.48. The number of nitrogens with one attached hydrogen (secondary N) is 2. The molecule has 0 aliphatic rings. The lowest BCUT2D eigenvalue weighted by Crippen LogP contribution is -2.02. The van der Waals surface area contributed by atoms with E-state index < -0.39 is 0 Å². The molecule has 0 saturated heterocycles. The highest BCUT2D eigenvalue weighted by atomic mass is 16.5. The van der Waals surface area contributed by atoms with Gasteiger partial charge in [-0.25, -0.2) is 15.0 Å². The van der Waals surface area contributed by atoms with E-state index >= 15 is 0 Å². The van der Waals surface area contributed by atoms with E-state index in [1.54, 1.807) is 20.4 Å². The van der Waals surface area contributed by atoms with E-state index in [4.69, 9.17) is 14.0 Å². The van der Waals surface area contributed by atoms with E-state index in [0.717, 1.165) is 39.3 Å². The first-order valence-corrected chi connectivity index (χ1v) is 10.8. The zero-order valence-corrected chi connectivity index (χ0v) is 19.7. The zero-order valence-electron chi connectivity index (χ0n) is 19.7. The van der Waals surface area contributed by atoms with Gasteiger partial charge in [0.2, 0.25) is 5.95 Å². The van der Waals surface area contributed by atoms with Crippen molar-refractivity contribution >= 4 is 34.2 Å². The van der Waals surface area contributed by atoms with Gasteiger partial charge in [-0.15, -0.1) is 0 Å². The molecule has 35 heavy (non-hydrogen) atoms. The summed E-state index contributed by atoms with van der Waals surface area (Å²) in [5.74, 6) is 2.39. The summed E-state index contributed by atoms with van der Waals surface area (Å²) in [5, 5.41) is 11.4. The van der Waals surface area contributed by atoms with Crippen LogP contribution in [0.4, 0.5) is 23.1 Å². The molecule has 10 heteroatoms. The van der Waals surface area contributed by atoms with Crippen molar-refractivity contribution < 1.29 is 14.0 Å². The second-order valence-corrected chi connectivity index (χ2v) is 7.73. The number of hydrogen-bond donors (Lipinski definition) is 2. The largest absolute Gasteiger partial charge is 0.493 e. The highest BCUT2D eigenvalue weighted by Gasteiger charge is 2.14. The van der Waals surface area contributed by atoms with Crippen LogP contribution in [0, 0.1) is 13.8 Å². The monoisotopic (exact) mass is 469 g/mol. The predicted molar refractivity (Wildman–Crippen MR) is 133 cm³/mol. The average molecular weight is 470 g/mol. The van der Waals surface area contributed by atoms with Gasteiger partial charge in [-0.3, -0.25) is 0 Å². The summed E-state index contributed by atoms with van der Waals surface area (Å²) >= 11 is 0. The molecule has 0 aliphatic heterocycles. The molecular formula is C25H23N7O3. The normalized spacial score (nSPS) is 10.9. The van der Waals surface area contributed by atoms with Crippen molar-refractivity contribution in [3.63, 3.8) is 0 Å². The molecule has 2 aromatic carbocycles. The molecule has 5 rings (SSSR count). The van der Waals surface area contributed by atoms with Crippen LogP contribution in [0.3, 0.4) is 0 Å². The molecule has 0 bridgehead atoms. The third kappa shape index (κ3) is 4.29. The van der Waals surface area contributed by atoms with Crippen LogP contribution >= 0.6 is 0 Å². The molecule has 176 valence electrons. The topological polar surface area (TPSA) is 120 Å². The number of fused-ring (bicyclic) bond motifs is 1. The number of benzene rings is 2. The Bertz CT molecular complexity index is 1520. The van der Waals surface area contributed by atoms with Gasteiger partial charge in [0.15, 0.2) is 11.5 Å². The Morgan fingerprint density at radius 2 is 1.66 bits per heavy atom. The molecule has 3 aromatic heterocycles. The molecule has 0 unspecified atom stereocenters. The molecule has 0 amide bonds. The van der Waals surface area contributed by atoms with Crippen LogP contribution in [0.15, 0.2) is 59.5 Å². The van der Waals surface area contributed by atoms with Crippen molar-refractivity contribution in [3.05, 3.63) is 66.2 Å². The first kappa shape index (κ1) is 22.1. The zero-order chi connectivity index (χ0) is 24.4. The fourth-order valence-electron chi connectivity index (χ4n) is 3.75. The van der Waals surface area contributed by atoms with Crippen molar-refractivity contribution in [1.29, 1.82) is 0 Å². The number of hydrogen-bond acceptors (Lipinski definition) is 10. The maximum absolute atomic E-state index is 5.42. The van der Waals surface area contributed by atoms with Gasteiger partial charge < -0.3 is 24.6 Å². The Balaban J connectivity index is 1.43. The molecule has 0 fully saturated rings. The van der Waals surface area contributed by atoms with Crippen molar-refractivity contribution in [2.45, 2.75) is 13.8 Å². The summed E-state index contributed by atoms with van der Waals surface area (Å²) in [6.07, 6.45) is 3.16. The minimum atomic E-state index is 0.437. The van der Waals surface area contributed by atoms with E-state index in [2.05, 4.69) is 35.7 Å². The van der Waals surface area contributed by atoms with Gasteiger partial charge in [-0.05, 0) is 55.8 Å². The number of methoxy groups -OCH3 is 2. The predicted octanol–water partition coefficient (Wildman–Crippen LogP) is 5.20. The van der Waals surface area contributed by atoms with E-state index in [-0.39, 0.29) is 0 Å². The average Bonchev–Trinajstić information content (AvgIpc) is 3.27.